The maximum absolute atomic E-state index is 12.7. The molecule has 0 spiro atoms. The van der Waals surface area contributed by atoms with E-state index in [1.165, 1.54) is 4.68 Å². The van der Waals surface area contributed by atoms with Crippen LogP contribution in [0.2, 0.25) is 0 Å². The van der Waals surface area contributed by atoms with Crippen LogP contribution in [0.25, 0.3) is 11.1 Å². The third-order valence-corrected chi connectivity index (χ3v) is 5.31. The third-order valence-electron chi connectivity index (χ3n) is 4.99. The first-order valence-corrected chi connectivity index (χ1v) is 10.4. The summed E-state index contributed by atoms with van der Waals surface area (Å²) >= 11 is 0. The Morgan fingerprint density at radius 1 is 1.10 bits per heavy atom. The quantitative estimate of drug-likeness (QED) is 0.629. The summed E-state index contributed by atoms with van der Waals surface area (Å²) in [7, 11) is -2.83. The zero-order valence-electron chi connectivity index (χ0n) is 16.9. The summed E-state index contributed by atoms with van der Waals surface area (Å²) in [6, 6.07) is 11.9. The van der Waals surface area contributed by atoms with Gasteiger partial charge in [-0.1, -0.05) is 53.2 Å². The molecule has 0 saturated heterocycles. The van der Waals surface area contributed by atoms with Gasteiger partial charge < -0.3 is 0 Å². The van der Waals surface area contributed by atoms with Gasteiger partial charge in [0.05, 0.1) is 12.7 Å². The van der Waals surface area contributed by atoms with Crippen molar-refractivity contribution in [2.75, 3.05) is 0 Å². The fraction of sp³-hybridized carbons (Fsp3) is 0.273. The minimum absolute atomic E-state index is 0.168. The molecule has 1 aromatic heterocycles. The second kappa shape index (κ2) is 8.53. The fourth-order valence-corrected chi connectivity index (χ4v) is 3.84. The molecule has 3 rings (SSSR count). The molecular weight excluding hydrogens is 386 g/mol. The molecule has 2 aromatic carbocycles. The number of amides is 1. The van der Waals surface area contributed by atoms with E-state index in [1.807, 2.05) is 52.0 Å². The van der Waals surface area contributed by atoms with Crippen molar-refractivity contribution < 1.29 is 13.2 Å². The summed E-state index contributed by atoms with van der Waals surface area (Å²) in [5, 5.41) is 4.41. The van der Waals surface area contributed by atoms with Crippen molar-refractivity contribution >= 4 is 16.4 Å². The highest BCUT2D eigenvalue weighted by Crippen LogP contribution is 2.27. The topological polar surface area (TPSA) is 81.4 Å². The molecule has 0 fully saturated rings. The minimum Gasteiger partial charge on any atom is -0.264 e. The van der Waals surface area contributed by atoms with Crippen molar-refractivity contribution in [3.05, 3.63) is 76.1 Å². The predicted octanol–water partition coefficient (Wildman–Crippen LogP) is 4.29. The second-order valence-electron chi connectivity index (χ2n) is 7.11. The van der Waals surface area contributed by atoms with Gasteiger partial charge in [-0.2, -0.15) is 13.5 Å². The maximum Gasteiger partial charge on any atom is 0.319 e. The molecule has 29 heavy (non-hydrogen) atoms. The smallest absolute Gasteiger partial charge is 0.264 e. The maximum atomic E-state index is 12.7. The molecule has 0 saturated carbocycles. The summed E-state index contributed by atoms with van der Waals surface area (Å²) in [5.41, 5.74) is 7.06. The van der Waals surface area contributed by atoms with E-state index in [0.29, 0.717) is 12.1 Å². The molecule has 0 aliphatic carbocycles. The van der Waals surface area contributed by atoms with Crippen LogP contribution < -0.4 is 0 Å². The number of hydrogen-bond donors (Lipinski definition) is 0. The number of carbonyl (C=O) groups is 1. The highest BCUT2D eigenvalue weighted by Gasteiger charge is 2.21. The van der Waals surface area contributed by atoms with Crippen LogP contribution >= 0.6 is 0 Å². The van der Waals surface area contributed by atoms with Crippen molar-refractivity contribution in [1.29, 1.82) is 0 Å². The van der Waals surface area contributed by atoms with Crippen molar-refractivity contribution in [3.63, 3.8) is 0 Å². The zero-order valence-corrected chi connectivity index (χ0v) is 17.7. The number of rotatable bonds is 5. The Labute approximate surface area is 171 Å². The number of hydrogen-bond acceptors (Lipinski definition) is 4. The second-order valence-corrected chi connectivity index (χ2v) is 7.73. The highest BCUT2D eigenvalue weighted by atomic mass is 32.2. The SMILES string of the molecule is CCc1cccc(-c2cnn(Cc3c(C)cc(C)cc3C)c2C(=O)N=S(=O)=O)c1. The van der Waals surface area contributed by atoms with Gasteiger partial charge in [0.25, 0.3) is 0 Å². The van der Waals surface area contributed by atoms with Gasteiger partial charge in [0.15, 0.2) is 0 Å². The van der Waals surface area contributed by atoms with Crippen molar-refractivity contribution in [1.82, 2.24) is 9.78 Å². The zero-order chi connectivity index (χ0) is 21.1. The van der Waals surface area contributed by atoms with Gasteiger partial charge in [-0.15, -0.1) is 0 Å². The van der Waals surface area contributed by atoms with Crippen LogP contribution in [0.4, 0.5) is 0 Å². The van der Waals surface area contributed by atoms with E-state index in [4.69, 9.17) is 0 Å². The lowest BCUT2D eigenvalue weighted by atomic mass is 9.99. The van der Waals surface area contributed by atoms with E-state index >= 15 is 0 Å². The largest absolute Gasteiger partial charge is 0.319 e. The Morgan fingerprint density at radius 3 is 2.41 bits per heavy atom. The van der Waals surface area contributed by atoms with Gasteiger partial charge in [-0.3, -0.25) is 9.48 Å². The molecule has 1 amide bonds. The van der Waals surface area contributed by atoms with Gasteiger partial charge in [-0.25, -0.2) is 0 Å². The van der Waals surface area contributed by atoms with E-state index in [1.54, 1.807) is 6.20 Å². The van der Waals surface area contributed by atoms with Gasteiger partial charge >= 0.3 is 16.4 Å². The van der Waals surface area contributed by atoms with Gasteiger partial charge in [0.1, 0.15) is 5.69 Å². The molecule has 150 valence electrons. The molecule has 0 unspecified atom stereocenters. The monoisotopic (exact) mass is 409 g/mol. The van der Waals surface area contributed by atoms with Gasteiger partial charge in [0, 0.05) is 5.56 Å². The number of aromatic nitrogens is 2. The molecule has 1 heterocycles. The standard InChI is InChI=1S/C22H23N3O3S/c1-5-17-7-6-8-18(11-17)19-12-23-25(21(19)22(26)24-29(27)28)13-20-15(3)9-14(2)10-16(20)4/h6-12H,5,13H2,1-4H3. The van der Waals surface area contributed by atoms with Crippen LogP contribution in [-0.4, -0.2) is 24.1 Å². The number of nitrogens with zero attached hydrogens (tertiary/aromatic N) is 3. The normalized spacial score (nSPS) is 10.8. The van der Waals surface area contributed by atoms with E-state index in [0.717, 1.165) is 39.8 Å². The third kappa shape index (κ3) is 4.51. The summed E-state index contributed by atoms with van der Waals surface area (Å²) in [5.74, 6) is -0.824. The van der Waals surface area contributed by atoms with Crippen LogP contribution in [0.1, 0.15) is 45.2 Å². The number of aryl methyl sites for hydroxylation is 4. The Morgan fingerprint density at radius 2 is 1.79 bits per heavy atom. The molecule has 3 aromatic rings. The fourth-order valence-electron chi connectivity index (χ4n) is 3.62. The van der Waals surface area contributed by atoms with Crippen LogP contribution in [0.3, 0.4) is 0 Å². The average Bonchev–Trinajstić information content (AvgIpc) is 3.08. The van der Waals surface area contributed by atoms with Crippen LogP contribution in [0.5, 0.6) is 0 Å². The highest BCUT2D eigenvalue weighted by molar-refractivity contribution is 7.62. The Balaban J connectivity index is 2.17. The van der Waals surface area contributed by atoms with Crippen LogP contribution in [-0.2, 0) is 23.5 Å². The minimum atomic E-state index is -2.83. The molecule has 0 atom stereocenters. The van der Waals surface area contributed by atoms with Crippen LogP contribution in [0, 0.1) is 20.8 Å². The van der Waals surface area contributed by atoms with Crippen molar-refractivity contribution in [2.45, 2.75) is 40.7 Å². The van der Waals surface area contributed by atoms with E-state index in [2.05, 4.69) is 21.6 Å². The average molecular weight is 410 g/mol. The molecular formula is C22H23N3O3S. The summed E-state index contributed by atoms with van der Waals surface area (Å²) in [6.07, 6.45) is 2.45. The van der Waals surface area contributed by atoms with Gasteiger partial charge in [0.2, 0.25) is 0 Å². The molecule has 0 N–H and O–H groups in total. The Bertz CT molecular complexity index is 1190. The molecule has 6 nitrogen and oxygen atoms in total. The van der Waals surface area contributed by atoms with E-state index in [-0.39, 0.29) is 5.69 Å². The first kappa shape index (κ1) is 20.7. The lowest BCUT2D eigenvalue weighted by molar-refractivity contribution is 0.0996. The lowest BCUT2D eigenvalue weighted by Gasteiger charge is -2.13. The summed E-state index contributed by atoms with van der Waals surface area (Å²) < 4.78 is 26.9. The molecule has 0 bridgehead atoms. The molecule has 0 aliphatic heterocycles. The Hall–Kier alpha value is -3.06. The van der Waals surface area contributed by atoms with Crippen molar-refractivity contribution in [2.24, 2.45) is 4.36 Å². The van der Waals surface area contributed by atoms with Crippen LogP contribution in [0.15, 0.2) is 47.0 Å². The lowest BCUT2D eigenvalue weighted by Crippen LogP contribution is -2.13. The van der Waals surface area contributed by atoms with Gasteiger partial charge in [-0.05, 0) is 55.0 Å². The van der Waals surface area contributed by atoms with E-state index < -0.39 is 16.4 Å². The van der Waals surface area contributed by atoms with Crippen molar-refractivity contribution in [3.8, 4) is 11.1 Å². The predicted molar refractivity (Wildman–Crippen MR) is 112 cm³/mol. The molecule has 7 heteroatoms. The molecule has 0 aliphatic rings. The van der Waals surface area contributed by atoms with E-state index in [9.17, 15) is 13.2 Å². The first-order chi connectivity index (χ1) is 13.8. The number of benzene rings is 2. The first-order valence-electron chi connectivity index (χ1n) is 9.37. The summed E-state index contributed by atoms with van der Waals surface area (Å²) in [4.78, 5) is 12.7. The number of carbonyl (C=O) groups excluding carboxylic acids is 1. The molecule has 0 radical (unpaired) electrons. The summed E-state index contributed by atoms with van der Waals surface area (Å²) in [6.45, 7) is 8.47. The Kier molecular flexibility index (Phi) is 6.08.